The van der Waals surface area contributed by atoms with Gasteiger partial charge >= 0.3 is 0 Å². The normalized spacial score (nSPS) is 33.3. The van der Waals surface area contributed by atoms with Crippen LogP contribution in [0.4, 0.5) is 0 Å². The summed E-state index contributed by atoms with van der Waals surface area (Å²) < 4.78 is 5.68. The van der Waals surface area contributed by atoms with Gasteiger partial charge in [-0.05, 0) is 32.2 Å². The predicted molar refractivity (Wildman–Crippen MR) is 57.6 cm³/mol. The van der Waals surface area contributed by atoms with Gasteiger partial charge in [-0.1, -0.05) is 6.92 Å². The van der Waals surface area contributed by atoms with Crippen molar-refractivity contribution in [1.82, 2.24) is 10.6 Å². The van der Waals surface area contributed by atoms with E-state index in [4.69, 9.17) is 4.74 Å². The third kappa shape index (κ3) is 2.69. The Labute approximate surface area is 90.8 Å². The minimum absolute atomic E-state index is 0.101. The van der Waals surface area contributed by atoms with Crippen LogP contribution in [0.1, 0.15) is 32.6 Å². The van der Waals surface area contributed by atoms with E-state index in [9.17, 15) is 4.79 Å². The van der Waals surface area contributed by atoms with Crippen molar-refractivity contribution in [3.05, 3.63) is 0 Å². The van der Waals surface area contributed by atoms with Crippen LogP contribution in [-0.2, 0) is 9.53 Å². The lowest BCUT2D eigenvalue weighted by Gasteiger charge is -2.20. The first-order chi connectivity index (χ1) is 7.29. The van der Waals surface area contributed by atoms with Crippen LogP contribution in [0.3, 0.4) is 0 Å². The number of carbonyl (C=O) groups excluding carboxylic acids is 1. The van der Waals surface area contributed by atoms with E-state index in [1.54, 1.807) is 0 Å². The zero-order chi connectivity index (χ0) is 10.7. The lowest BCUT2D eigenvalue weighted by molar-refractivity contribution is -0.121. The maximum atomic E-state index is 11.5. The van der Waals surface area contributed by atoms with Crippen molar-refractivity contribution in [2.45, 2.75) is 50.9 Å². The number of carbonyl (C=O) groups is 1. The van der Waals surface area contributed by atoms with E-state index in [0.29, 0.717) is 12.6 Å². The molecule has 3 atom stereocenters. The van der Waals surface area contributed by atoms with Gasteiger partial charge in [-0.25, -0.2) is 0 Å². The molecule has 0 radical (unpaired) electrons. The lowest BCUT2D eigenvalue weighted by Crippen LogP contribution is -2.45. The summed E-state index contributed by atoms with van der Waals surface area (Å²) in [6, 6.07) is 0.264. The highest BCUT2D eigenvalue weighted by atomic mass is 16.5. The molecule has 0 aromatic heterocycles. The SMILES string of the molecule is CCCNCC(=O)NC1CC2CCC1O2. The Kier molecular flexibility index (Phi) is 3.59. The largest absolute Gasteiger partial charge is 0.373 e. The fourth-order valence-electron chi connectivity index (χ4n) is 2.43. The number of hydrogen-bond acceptors (Lipinski definition) is 3. The van der Waals surface area contributed by atoms with E-state index in [0.717, 1.165) is 25.8 Å². The summed E-state index contributed by atoms with van der Waals surface area (Å²) in [5, 5.41) is 6.14. The van der Waals surface area contributed by atoms with Gasteiger partial charge in [-0.3, -0.25) is 4.79 Å². The second-order valence-electron chi connectivity index (χ2n) is 4.46. The van der Waals surface area contributed by atoms with Crippen molar-refractivity contribution >= 4 is 5.91 Å². The Morgan fingerprint density at radius 3 is 2.93 bits per heavy atom. The molecule has 86 valence electrons. The van der Waals surface area contributed by atoms with Gasteiger partial charge in [0.1, 0.15) is 0 Å². The van der Waals surface area contributed by atoms with Crippen LogP contribution in [0.5, 0.6) is 0 Å². The molecule has 2 N–H and O–H groups in total. The molecule has 2 saturated heterocycles. The molecule has 0 aliphatic carbocycles. The van der Waals surface area contributed by atoms with Gasteiger partial charge in [-0.2, -0.15) is 0 Å². The highest BCUT2D eigenvalue weighted by Crippen LogP contribution is 2.34. The summed E-state index contributed by atoms with van der Waals surface area (Å²) in [6.07, 6.45) is 5.03. The van der Waals surface area contributed by atoms with Crippen LogP contribution in [0.15, 0.2) is 0 Å². The summed E-state index contributed by atoms with van der Waals surface area (Å²) >= 11 is 0. The Hall–Kier alpha value is -0.610. The van der Waals surface area contributed by atoms with Crippen LogP contribution in [0.25, 0.3) is 0 Å². The van der Waals surface area contributed by atoms with Crippen molar-refractivity contribution in [3.8, 4) is 0 Å². The topological polar surface area (TPSA) is 50.4 Å². The number of hydrogen-bond donors (Lipinski definition) is 2. The van der Waals surface area contributed by atoms with E-state index in [1.807, 2.05) is 0 Å². The average molecular weight is 212 g/mol. The Bertz CT molecular complexity index is 233. The van der Waals surface area contributed by atoms with E-state index in [1.165, 1.54) is 6.42 Å². The van der Waals surface area contributed by atoms with E-state index in [2.05, 4.69) is 17.6 Å². The number of amides is 1. The smallest absolute Gasteiger partial charge is 0.234 e. The molecule has 1 amide bonds. The molecule has 0 spiro atoms. The van der Waals surface area contributed by atoms with Crippen LogP contribution in [-0.4, -0.2) is 37.2 Å². The van der Waals surface area contributed by atoms with Crippen LogP contribution in [0, 0.1) is 0 Å². The summed E-state index contributed by atoms with van der Waals surface area (Å²) in [4.78, 5) is 11.5. The van der Waals surface area contributed by atoms with Crippen molar-refractivity contribution in [3.63, 3.8) is 0 Å². The van der Waals surface area contributed by atoms with E-state index >= 15 is 0 Å². The Morgan fingerprint density at radius 1 is 1.47 bits per heavy atom. The molecular weight excluding hydrogens is 192 g/mol. The second-order valence-corrected chi connectivity index (χ2v) is 4.46. The lowest BCUT2D eigenvalue weighted by atomic mass is 9.95. The van der Waals surface area contributed by atoms with Gasteiger partial charge in [0, 0.05) is 0 Å². The highest BCUT2D eigenvalue weighted by Gasteiger charge is 2.41. The van der Waals surface area contributed by atoms with Gasteiger partial charge in [0.25, 0.3) is 0 Å². The van der Waals surface area contributed by atoms with Gasteiger partial charge in [0.05, 0.1) is 24.8 Å². The Morgan fingerprint density at radius 2 is 2.33 bits per heavy atom. The molecule has 0 aromatic rings. The van der Waals surface area contributed by atoms with E-state index in [-0.39, 0.29) is 18.1 Å². The molecule has 15 heavy (non-hydrogen) atoms. The molecule has 2 aliphatic heterocycles. The number of fused-ring (bicyclic) bond motifs is 2. The average Bonchev–Trinajstić information content (AvgIpc) is 2.79. The second kappa shape index (κ2) is 4.94. The highest BCUT2D eigenvalue weighted by molar-refractivity contribution is 5.78. The first-order valence-electron chi connectivity index (χ1n) is 5.95. The van der Waals surface area contributed by atoms with Crippen LogP contribution in [0.2, 0.25) is 0 Å². The zero-order valence-corrected chi connectivity index (χ0v) is 9.29. The molecule has 2 aliphatic rings. The first-order valence-corrected chi connectivity index (χ1v) is 5.95. The fourth-order valence-corrected chi connectivity index (χ4v) is 2.43. The molecule has 2 bridgehead atoms. The third-order valence-corrected chi connectivity index (χ3v) is 3.16. The first kappa shape index (κ1) is 10.9. The van der Waals surface area contributed by atoms with E-state index < -0.39 is 0 Å². The standard InChI is InChI=1S/C11H20N2O2/c1-2-5-12-7-11(14)13-9-6-8-3-4-10(9)15-8/h8-10,12H,2-7H2,1H3,(H,13,14). The van der Waals surface area contributed by atoms with Gasteiger partial charge in [0.15, 0.2) is 0 Å². The van der Waals surface area contributed by atoms with Crippen molar-refractivity contribution in [2.75, 3.05) is 13.1 Å². The quantitative estimate of drug-likeness (QED) is 0.649. The van der Waals surface area contributed by atoms with Gasteiger partial charge in [0.2, 0.25) is 5.91 Å². The third-order valence-electron chi connectivity index (χ3n) is 3.16. The molecule has 2 rings (SSSR count). The van der Waals surface area contributed by atoms with Crippen LogP contribution < -0.4 is 10.6 Å². The number of nitrogens with one attached hydrogen (secondary N) is 2. The predicted octanol–water partition coefficient (Wildman–Crippen LogP) is 0.422. The molecular formula is C11H20N2O2. The summed E-state index contributed by atoms with van der Waals surface area (Å²) in [5.74, 6) is 0.101. The van der Waals surface area contributed by atoms with Gasteiger partial charge in [-0.15, -0.1) is 0 Å². The maximum Gasteiger partial charge on any atom is 0.234 e. The minimum Gasteiger partial charge on any atom is -0.373 e. The summed E-state index contributed by atoms with van der Waals surface area (Å²) in [7, 11) is 0. The molecule has 0 saturated carbocycles. The van der Waals surface area contributed by atoms with Crippen molar-refractivity contribution in [1.29, 1.82) is 0 Å². The molecule has 0 aromatic carbocycles. The molecule has 2 heterocycles. The van der Waals surface area contributed by atoms with Gasteiger partial charge < -0.3 is 15.4 Å². The zero-order valence-electron chi connectivity index (χ0n) is 9.29. The van der Waals surface area contributed by atoms with Crippen molar-refractivity contribution in [2.24, 2.45) is 0 Å². The number of rotatable bonds is 5. The fraction of sp³-hybridized carbons (Fsp3) is 0.909. The Balaban J connectivity index is 1.66. The maximum absolute atomic E-state index is 11.5. The molecule has 4 nitrogen and oxygen atoms in total. The summed E-state index contributed by atoms with van der Waals surface area (Å²) in [6.45, 7) is 3.43. The molecule has 2 fully saturated rings. The minimum atomic E-state index is 0.101. The number of ether oxygens (including phenoxy) is 1. The summed E-state index contributed by atoms with van der Waals surface area (Å²) in [5.41, 5.74) is 0. The van der Waals surface area contributed by atoms with Crippen LogP contribution >= 0.6 is 0 Å². The van der Waals surface area contributed by atoms with Crippen molar-refractivity contribution < 1.29 is 9.53 Å². The monoisotopic (exact) mass is 212 g/mol. The molecule has 4 heteroatoms. The molecule has 3 unspecified atom stereocenters.